The second kappa shape index (κ2) is 45.8. The minimum atomic E-state index is -0.797. The molecule has 0 aliphatic heterocycles. The zero-order valence-electron chi connectivity index (χ0n) is 37.3. The summed E-state index contributed by atoms with van der Waals surface area (Å²) in [4.78, 5) is 37.7. The number of hydrogen-bond donors (Lipinski definition) is 0. The summed E-state index contributed by atoms with van der Waals surface area (Å²) in [5.74, 6) is -0.960. The lowest BCUT2D eigenvalue weighted by Gasteiger charge is -2.18. The molecule has 0 aromatic heterocycles. The van der Waals surface area contributed by atoms with Gasteiger partial charge in [-0.25, -0.2) is 0 Å². The van der Waals surface area contributed by atoms with Crippen molar-refractivity contribution in [2.24, 2.45) is 0 Å². The van der Waals surface area contributed by atoms with E-state index in [1.165, 1.54) is 103 Å². The Morgan fingerprint density at radius 3 is 1.05 bits per heavy atom. The van der Waals surface area contributed by atoms with Gasteiger partial charge in [-0.2, -0.15) is 0 Å². The van der Waals surface area contributed by atoms with E-state index in [9.17, 15) is 14.4 Å². The molecule has 0 aromatic carbocycles. The van der Waals surface area contributed by atoms with E-state index in [-0.39, 0.29) is 37.5 Å². The van der Waals surface area contributed by atoms with Gasteiger partial charge in [0.15, 0.2) is 6.10 Å². The Balaban J connectivity index is 4.39. The largest absolute Gasteiger partial charge is 0.462 e. The van der Waals surface area contributed by atoms with Crippen LogP contribution in [0.4, 0.5) is 0 Å². The summed E-state index contributed by atoms with van der Waals surface area (Å²) in [5, 5.41) is 0. The standard InChI is InChI=1S/C51H88O6/c1-4-7-10-13-16-19-22-23-24-25-26-27-30-32-35-38-41-44-50(53)56-47-48(57-51(54)45-42-39-36-33-29-21-18-15-12-9-6-3)46-55-49(52)43-40-37-34-31-28-20-17-14-11-8-5-2/h14-15,17-18,20-21,23-24,28-29,48H,4-13,16,19,22,25-27,30-47H2,1-3H3/b17-14-,18-15-,24-23-,28-20-,29-21-. The van der Waals surface area contributed by atoms with Crippen molar-refractivity contribution in [2.45, 2.75) is 232 Å². The van der Waals surface area contributed by atoms with E-state index in [4.69, 9.17) is 14.2 Å². The van der Waals surface area contributed by atoms with Crippen LogP contribution in [0.3, 0.4) is 0 Å². The Hall–Kier alpha value is -2.89. The van der Waals surface area contributed by atoms with E-state index in [1.54, 1.807) is 0 Å². The van der Waals surface area contributed by atoms with Crippen LogP contribution in [0.5, 0.6) is 0 Å². The van der Waals surface area contributed by atoms with Crippen molar-refractivity contribution in [2.75, 3.05) is 13.2 Å². The lowest BCUT2D eigenvalue weighted by Crippen LogP contribution is -2.30. The Labute approximate surface area is 351 Å². The van der Waals surface area contributed by atoms with Crippen LogP contribution in [0, 0.1) is 0 Å². The minimum Gasteiger partial charge on any atom is -0.462 e. The minimum absolute atomic E-state index is 0.0962. The number of esters is 3. The van der Waals surface area contributed by atoms with Gasteiger partial charge >= 0.3 is 17.9 Å². The van der Waals surface area contributed by atoms with Crippen LogP contribution in [0.1, 0.15) is 226 Å². The number of ether oxygens (including phenoxy) is 3. The number of carbonyl (C=O) groups is 3. The molecule has 0 amide bonds. The van der Waals surface area contributed by atoms with E-state index >= 15 is 0 Å². The molecule has 0 aromatic rings. The van der Waals surface area contributed by atoms with E-state index in [0.717, 1.165) is 83.5 Å². The predicted molar refractivity (Wildman–Crippen MR) is 242 cm³/mol. The van der Waals surface area contributed by atoms with Crippen molar-refractivity contribution in [1.82, 2.24) is 0 Å². The second-order valence-corrected chi connectivity index (χ2v) is 15.7. The molecule has 0 aliphatic rings. The van der Waals surface area contributed by atoms with Gasteiger partial charge in [0.25, 0.3) is 0 Å². The fourth-order valence-corrected chi connectivity index (χ4v) is 6.33. The molecule has 0 spiro atoms. The third kappa shape index (κ3) is 44.1. The first-order chi connectivity index (χ1) is 28.0. The van der Waals surface area contributed by atoms with E-state index in [1.807, 2.05) is 0 Å². The van der Waals surface area contributed by atoms with Crippen LogP contribution in [0.25, 0.3) is 0 Å². The summed E-state index contributed by atoms with van der Waals surface area (Å²) < 4.78 is 16.7. The molecule has 1 atom stereocenters. The van der Waals surface area contributed by atoms with Gasteiger partial charge < -0.3 is 14.2 Å². The fraction of sp³-hybridized carbons (Fsp3) is 0.745. The van der Waals surface area contributed by atoms with Crippen LogP contribution >= 0.6 is 0 Å². The molecule has 0 heterocycles. The molecule has 6 heteroatoms. The third-order valence-corrected chi connectivity index (χ3v) is 10.0. The summed E-state index contributed by atoms with van der Waals surface area (Å²) in [5.41, 5.74) is 0. The van der Waals surface area contributed by atoms with Crippen molar-refractivity contribution in [3.05, 3.63) is 60.8 Å². The van der Waals surface area contributed by atoms with E-state index < -0.39 is 6.10 Å². The predicted octanol–water partition coefficient (Wildman–Crippen LogP) is 15.3. The highest BCUT2D eigenvalue weighted by Crippen LogP contribution is 2.13. The molecule has 0 fully saturated rings. The lowest BCUT2D eigenvalue weighted by molar-refractivity contribution is -0.167. The van der Waals surface area contributed by atoms with Crippen molar-refractivity contribution in [3.8, 4) is 0 Å². The Bertz CT molecular complexity index is 1050. The van der Waals surface area contributed by atoms with E-state index in [0.29, 0.717) is 12.8 Å². The smallest absolute Gasteiger partial charge is 0.306 e. The van der Waals surface area contributed by atoms with Crippen LogP contribution in [-0.4, -0.2) is 37.2 Å². The fourth-order valence-electron chi connectivity index (χ4n) is 6.33. The molecular formula is C51H88O6. The first-order valence-electron chi connectivity index (χ1n) is 23.8. The molecule has 328 valence electrons. The normalized spacial score (nSPS) is 12.5. The van der Waals surface area contributed by atoms with Gasteiger partial charge in [0.1, 0.15) is 13.2 Å². The zero-order chi connectivity index (χ0) is 41.5. The Kier molecular flexibility index (Phi) is 43.5. The zero-order valence-corrected chi connectivity index (χ0v) is 37.3. The Morgan fingerprint density at radius 2 is 0.649 bits per heavy atom. The van der Waals surface area contributed by atoms with Gasteiger partial charge in [-0.3, -0.25) is 14.4 Å². The van der Waals surface area contributed by atoms with Crippen LogP contribution in [-0.2, 0) is 28.6 Å². The summed E-state index contributed by atoms with van der Waals surface area (Å²) in [6, 6.07) is 0. The van der Waals surface area contributed by atoms with Crippen LogP contribution < -0.4 is 0 Å². The van der Waals surface area contributed by atoms with Gasteiger partial charge in [-0.05, 0) is 83.5 Å². The van der Waals surface area contributed by atoms with Gasteiger partial charge in [0.2, 0.25) is 0 Å². The SMILES string of the molecule is CCCC/C=C\C=C/CCCCCC(=O)OCC(COC(=O)CCCCCCCCC/C=C\CCCCCCCC)OC(=O)CCCCC/C=C\C=C/CCCC. The number of carbonyl (C=O) groups excluding carboxylic acids is 3. The monoisotopic (exact) mass is 797 g/mol. The number of allylic oxidation sites excluding steroid dienone is 10. The van der Waals surface area contributed by atoms with Crippen molar-refractivity contribution >= 4 is 17.9 Å². The molecule has 0 rings (SSSR count). The molecule has 0 saturated heterocycles. The highest BCUT2D eigenvalue weighted by molar-refractivity contribution is 5.71. The molecule has 57 heavy (non-hydrogen) atoms. The maximum atomic E-state index is 12.7. The average molecular weight is 797 g/mol. The highest BCUT2D eigenvalue weighted by atomic mass is 16.6. The molecule has 0 bridgehead atoms. The highest BCUT2D eigenvalue weighted by Gasteiger charge is 2.19. The second-order valence-electron chi connectivity index (χ2n) is 15.7. The molecule has 6 nitrogen and oxygen atoms in total. The average Bonchev–Trinajstić information content (AvgIpc) is 3.21. The van der Waals surface area contributed by atoms with Gasteiger partial charge in [0.05, 0.1) is 0 Å². The van der Waals surface area contributed by atoms with Crippen LogP contribution in [0.15, 0.2) is 60.8 Å². The van der Waals surface area contributed by atoms with Crippen LogP contribution in [0.2, 0.25) is 0 Å². The molecular weight excluding hydrogens is 709 g/mol. The maximum absolute atomic E-state index is 12.7. The summed E-state index contributed by atoms with van der Waals surface area (Å²) in [6.07, 6.45) is 54.9. The first-order valence-corrected chi connectivity index (χ1v) is 23.8. The molecule has 0 radical (unpaired) electrons. The number of rotatable bonds is 42. The van der Waals surface area contributed by atoms with E-state index in [2.05, 4.69) is 81.5 Å². The third-order valence-electron chi connectivity index (χ3n) is 10.0. The number of hydrogen-bond acceptors (Lipinski definition) is 6. The summed E-state index contributed by atoms with van der Waals surface area (Å²) in [6.45, 7) is 6.46. The van der Waals surface area contributed by atoms with Gasteiger partial charge in [-0.15, -0.1) is 0 Å². The van der Waals surface area contributed by atoms with Crippen molar-refractivity contribution < 1.29 is 28.6 Å². The lowest BCUT2D eigenvalue weighted by atomic mass is 10.1. The molecule has 0 saturated carbocycles. The first kappa shape index (κ1) is 54.1. The van der Waals surface area contributed by atoms with Gasteiger partial charge in [0, 0.05) is 19.3 Å². The molecule has 0 N–H and O–H groups in total. The molecule has 0 aliphatic carbocycles. The summed E-state index contributed by atoms with van der Waals surface area (Å²) >= 11 is 0. The maximum Gasteiger partial charge on any atom is 0.306 e. The van der Waals surface area contributed by atoms with Crippen molar-refractivity contribution in [3.63, 3.8) is 0 Å². The van der Waals surface area contributed by atoms with Gasteiger partial charge in [-0.1, -0.05) is 184 Å². The molecule has 1 unspecified atom stereocenters. The number of unbranched alkanes of at least 4 members (excludes halogenated alkanes) is 23. The summed E-state index contributed by atoms with van der Waals surface area (Å²) in [7, 11) is 0. The quantitative estimate of drug-likeness (QED) is 0.0201. The Morgan fingerprint density at radius 1 is 0.351 bits per heavy atom. The topological polar surface area (TPSA) is 78.9 Å². The van der Waals surface area contributed by atoms with Crippen molar-refractivity contribution in [1.29, 1.82) is 0 Å².